The van der Waals surface area contributed by atoms with Crippen molar-refractivity contribution in [2.75, 3.05) is 19.0 Å². The largest absolute Gasteiger partial charge is 0.378 e. The number of unbranched alkanes of at least 4 members (excludes halogenated alkanes) is 3. The van der Waals surface area contributed by atoms with Crippen molar-refractivity contribution in [2.24, 2.45) is 0 Å². The number of anilines is 1. The first-order chi connectivity index (χ1) is 12.6. The Balaban J connectivity index is 1.72. The lowest BCUT2D eigenvalue weighted by Gasteiger charge is -2.11. The number of rotatable bonds is 7. The van der Waals surface area contributed by atoms with Crippen LogP contribution in [0.1, 0.15) is 54.1 Å². The molecule has 0 N–H and O–H groups in total. The average molecular weight is 366 g/mol. The third-order valence-electron chi connectivity index (χ3n) is 4.76. The molecule has 3 rings (SSSR count). The molecule has 0 spiro atoms. The van der Waals surface area contributed by atoms with Crippen LogP contribution in [0.2, 0.25) is 0 Å². The summed E-state index contributed by atoms with van der Waals surface area (Å²) in [5.74, 6) is 0.164. The summed E-state index contributed by atoms with van der Waals surface area (Å²) in [7, 11) is 4.06. The minimum Gasteiger partial charge on any atom is -0.378 e. The van der Waals surface area contributed by atoms with E-state index in [0.717, 1.165) is 33.0 Å². The van der Waals surface area contributed by atoms with Gasteiger partial charge in [-0.3, -0.25) is 4.79 Å². The Kier molecular flexibility index (Phi) is 6.20. The maximum Gasteiger partial charge on any atom is 0.200 e. The molecule has 3 heteroatoms. The third kappa shape index (κ3) is 4.39. The second-order valence-electron chi connectivity index (χ2n) is 7.07. The number of thioether (sulfide) groups is 1. The van der Waals surface area contributed by atoms with Crippen LogP contribution in [-0.2, 0) is 6.42 Å². The molecule has 0 saturated carbocycles. The molecule has 0 atom stereocenters. The van der Waals surface area contributed by atoms with E-state index in [2.05, 4.69) is 54.3 Å². The number of nitrogens with zero attached hydrogens (tertiary/aromatic N) is 1. The van der Waals surface area contributed by atoms with E-state index in [1.807, 2.05) is 20.2 Å². The molecule has 2 aromatic rings. The number of ketones is 1. The van der Waals surface area contributed by atoms with E-state index >= 15 is 0 Å². The van der Waals surface area contributed by atoms with Crippen molar-refractivity contribution in [3.05, 3.63) is 64.1 Å². The number of fused-ring (bicyclic) bond motifs is 1. The van der Waals surface area contributed by atoms with E-state index < -0.39 is 0 Å². The molecule has 136 valence electrons. The van der Waals surface area contributed by atoms with Gasteiger partial charge in [-0.2, -0.15) is 0 Å². The molecule has 0 unspecified atom stereocenters. The Hall–Kier alpha value is -2.00. The standard InChI is InChI=1S/C23H27NOS/c1-4-5-6-7-8-17-11-14-21-20(15-17)23(25)22(26-21)16-18-9-12-19(13-10-18)24(2)3/h9-16H,4-8H2,1-3H3/b22-16+. The molecule has 0 fully saturated rings. The van der Waals surface area contributed by atoms with Crippen molar-refractivity contribution in [2.45, 2.75) is 43.9 Å². The molecule has 0 aromatic heterocycles. The zero-order chi connectivity index (χ0) is 18.5. The van der Waals surface area contributed by atoms with Crippen molar-refractivity contribution in [1.82, 2.24) is 0 Å². The van der Waals surface area contributed by atoms with Crippen LogP contribution in [0, 0.1) is 0 Å². The molecular formula is C23H27NOS. The van der Waals surface area contributed by atoms with Gasteiger partial charge in [-0.1, -0.05) is 56.1 Å². The first kappa shape index (κ1) is 18.8. The van der Waals surface area contributed by atoms with Gasteiger partial charge in [0.2, 0.25) is 5.78 Å². The minimum absolute atomic E-state index is 0.164. The molecule has 0 saturated heterocycles. The van der Waals surface area contributed by atoms with E-state index in [9.17, 15) is 4.79 Å². The Morgan fingerprint density at radius 3 is 2.46 bits per heavy atom. The topological polar surface area (TPSA) is 20.3 Å². The smallest absolute Gasteiger partial charge is 0.200 e. The molecule has 0 amide bonds. The number of hydrogen-bond acceptors (Lipinski definition) is 3. The van der Waals surface area contributed by atoms with Crippen molar-refractivity contribution in [3.63, 3.8) is 0 Å². The molecule has 2 aromatic carbocycles. The fourth-order valence-electron chi connectivity index (χ4n) is 3.17. The van der Waals surface area contributed by atoms with Gasteiger partial charge in [0, 0.05) is 30.2 Å². The van der Waals surface area contributed by atoms with Crippen LogP contribution in [0.4, 0.5) is 5.69 Å². The maximum atomic E-state index is 12.8. The van der Waals surface area contributed by atoms with Crippen LogP contribution >= 0.6 is 11.8 Å². The van der Waals surface area contributed by atoms with Gasteiger partial charge in [0.25, 0.3) is 0 Å². The van der Waals surface area contributed by atoms with Gasteiger partial charge in [0.1, 0.15) is 0 Å². The van der Waals surface area contributed by atoms with E-state index in [1.165, 1.54) is 31.2 Å². The predicted molar refractivity (Wildman–Crippen MR) is 113 cm³/mol. The number of aryl methyl sites for hydroxylation is 1. The van der Waals surface area contributed by atoms with Gasteiger partial charge >= 0.3 is 0 Å². The van der Waals surface area contributed by atoms with Crippen LogP contribution in [0.3, 0.4) is 0 Å². The number of carbonyl (C=O) groups is 1. The predicted octanol–water partition coefficient (Wildman–Crippen LogP) is 6.20. The van der Waals surface area contributed by atoms with E-state index in [0.29, 0.717) is 0 Å². The zero-order valence-electron chi connectivity index (χ0n) is 15.9. The second kappa shape index (κ2) is 8.59. The van der Waals surface area contributed by atoms with Gasteiger partial charge in [0.05, 0.1) is 4.91 Å². The van der Waals surface area contributed by atoms with Gasteiger partial charge in [0.15, 0.2) is 0 Å². The fraction of sp³-hybridized carbons (Fsp3) is 0.348. The Morgan fingerprint density at radius 2 is 1.77 bits per heavy atom. The second-order valence-corrected chi connectivity index (χ2v) is 8.15. The molecule has 2 nitrogen and oxygen atoms in total. The maximum absolute atomic E-state index is 12.8. The summed E-state index contributed by atoms with van der Waals surface area (Å²) >= 11 is 1.59. The molecule has 26 heavy (non-hydrogen) atoms. The summed E-state index contributed by atoms with van der Waals surface area (Å²) in [5, 5.41) is 0. The summed E-state index contributed by atoms with van der Waals surface area (Å²) in [6, 6.07) is 14.7. The summed E-state index contributed by atoms with van der Waals surface area (Å²) in [5.41, 5.74) is 4.39. The highest BCUT2D eigenvalue weighted by Crippen LogP contribution is 2.41. The van der Waals surface area contributed by atoms with Crippen LogP contribution in [0.5, 0.6) is 0 Å². The van der Waals surface area contributed by atoms with Crippen molar-refractivity contribution in [3.8, 4) is 0 Å². The lowest BCUT2D eigenvalue weighted by molar-refractivity contribution is 0.104. The van der Waals surface area contributed by atoms with Gasteiger partial charge in [-0.05, 0) is 54.3 Å². The van der Waals surface area contributed by atoms with Gasteiger partial charge in [-0.25, -0.2) is 0 Å². The number of carbonyl (C=O) groups excluding carboxylic acids is 1. The average Bonchev–Trinajstić information content (AvgIpc) is 2.95. The fourth-order valence-corrected chi connectivity index (χ4v) is 4.20. The molecule has 0 aliphatic carbocycles. The normalized spacial score (nSPS) is 14.7. The quantitative estimate of drug-likeness (QED) is 0.430. The van der Waals surface area contributed by atoms with Gasteiger partial charge < -0.3 is 4.90 Å². The monoisotopic (exact) mass is 365 g/mol. The summed E-state index contributed by atoms with van der Waals surface area (Å²) in [4.78, 5) is 16.8. The SMILES string of the molecule is CCCCCCc1ccc2c(c1)C(=O)/C(=C\c1ccc(N(C)C)cc1)S2. The summed E-state index contributed by atoms with van der Waals surface area (Å²) in [6.07, 6.45) is 8.09. The first-order valence-corrected chi connectivity index (χ1v) is 10.2. The first-order valence-electron chi connectivity index (χ1n) is 9.43. The van der Waals surface area contributed by atoms with E-state index in [-0.39, 0.29) is 5.78 Å². The Labute approximate surface area is 161 Å². The molecule has 0 radical (unpaired) electrons. The van der Waals surface area contributed by atoms with Crippen molar-refractivity contribution < 1.29 is 4.79 Å². The zero-order valence-corrected chi connectivity index (χ0v) is 16.7. The molecule has 1 heterocycles. The Bertz CT molecular complexity index is 805. The van der Waals surface area contributed by atoms with Crippen LogP contribution in [0.25, 0.3) is 6.08 Å². The highest BCUT2D eigenvalue weighted by Gasteiger charge is 2.26. The molecule has 0 bridgehead atoms. The Morgan fingerprint density at radius 1 is 1.00 bits per heavy atom. The van der Waals surface area contributed by atoms with E-state index in [1.54, 1.807) is 11.8 Å². The van der Waals surface area contributed by atoms with Crippen molar-refractivity contribution in [1.29, 1.82) is 0 Å². The highest BCUT2D eigenvalue weighted by atomic mass is 32.2. The van der Waals surface area contributed by atoms with Crippen LogP contribution in [-0.4, -0.2) is 19.9 Å². The van der Waals surface area contributed by atoms with E-state index in [4.69, 9.17) is 0 Å². The number of benzene rings is 2. The minimum atomic E-state index is 0.164. The van der Waals surface area contributed by atoms with Gasteiger partial charge in [-0.15, -0.1) is 0 Å². The van der Waals surface area contributed by atoms with Crippen molar-refractivity contribution >= 4 is 29.3 Å². The summed E-state index contributed by atoms with van der Waals surface area (Å²) < 4.78 is 0. The lowest BCUT2D eigenvalue weighted by atomic mass is 10.0. The lowest BCUT2D eigenvalue weighted by Crippen LogP contribution is -2.07. The van der Waals surface area contributed by atoms with Crippen LogP contribution < -0.4 is 4.90 Å². The number of allylic oxidation sites excluding steroid dienone is 1. The molecule has 1 aliphatic rings. The molecular weight excluding hydrogens is 338 g/mol. The van der Waals surface area contributed by atoms with Crippen LogP contribution in [0.15, 0.2) is 52.3 Å². The summed E-state index contributed by atoms with van der Waals surface area (Å²) in [6.45, 7) is 2.23. The molecule has 1 aliphatic heterocycles. The number of Topliss-reactive ketones (excluding diaryl/α,β-unsaturated/α-hetero) is 1. The third-order valence-corrected chi connectivity index (χ3v) is 5.86. The highest BCUT2D eigenvalue weighted by molar-refractivity contribution is 8.04. The number of hydrogen-bond donors (Lipinski definition) is 0.